The van der Waals surface area contributed by atoms with Crippen molar-refractivity contribution >= 4 is 15.7 Å². The van der Waals surface area contributed by atoms with E-state index in [1.54, 1.807) is 18.2 Å². The number of sulfonamides is 1. The van der Waals surface area contributed by atoms with Gasteiger partial charge in [0.15, 0.2) is 0 Å². The number of anilines is 1. The molecule has 0 bridgehead atoms. The Morgan fingerprint density at radius 2 is 2.10 bits per heavy atom. The molecular formula is C15H24N2O3S. The fourth-order valence-electron chi connectivity index (χ4n) is 2.54. The van der Waals surface area contributed by atoms with Crippen LogP contribution in [0.3, 0.4) is 0 Å². The van der Waals surface area contributed by atoms with Crippen molar-refractivity contribution in [1.29, 1.82) is 0 Å². The molecule has 6 heteroatoms. The standard InChI is InChI=1S/C15H24N2O3S/c1-2-20-15-5-3-4-14(12-15)17-21(18,19)11-8-13-6-9-16-10-7-13/h3-5,12-13,16-17H,2,6-11H2,1H3. The van der Waals surface area contributed by atoms with Gasteiger partial charge in [0.2, 0.25) is 10.0 Å². The van der Waals surface area contributed by atoms with E-state index in [0.717, 1.165) is 32.4 Å². The molecule has 118 valence electrons. The van der Waals surface area contributed by atoms with Crippen molar-refractivity contribution in [2.24, 2.45) is 5.92 Å². The van der Waals surface area contributed by atoms with Gasteiger partial charge >= 0.3 is 0 Å². The number of piperidine rings is 1. The van der Waals surface area contributed by atoms with Crippen molar-refractivity contribution in [1.82, 2.24) is 5.32 Å². The Labute approximate surface area is 127 Å². The molecule has 5 nitrogen and oxygen atoms in total. The van der Waals surface area contributed by atoms with E-state index in [-0.39, 0.29) is 5.75 Å². The van der Waals surface area contributed by atoms with Gasteiger partial charge in [0, 0.05) is 6.07 Å². The van der Waals surface area contributed by atoms with E-state index in [4.69, 9.17) is 4.74 Å². The summed E-state index contributed by atoms with van der Waals surface area (Å²) in [6.07, 6.45) is 2.85. The van der Waals surface area contributed by atoms with Gasteiger partial charge in [0.05, 0.1) is 18.0 Å². The van der Waals surface area contributed by atoms with Crippen molar-refractivity contribution < 1.29 is 13.2 Å². The topological polar surface area (TPSA) is 67.4 Å². The fraction of sp³-hybridized carbons (Fsp3) is 0.600. The van der Waals surface area contributed by atoms with Crippen LogP contribution in [-0.4, -0.2) is 33.9 Å². The lowest BCUT2D eigenvalue weighted by Gasteiger charge is -2.22. The molecule has 0 aromatic heterocycles. The highest BCUT2D eigenvalue weighted by atomic mass is 32.2. The molecule has 0 spiro atoms. The minimum absolute atomic E-state index is 0.177. The van der Waals surface area contributed by atoms with Crippen molar-refractivity contribution in [2.75, 3.05) is 30.2 Å². The van der Waals surface area contributed by atoms with E-state index in [0.29, 0.717) is 24.0 Å². The van der Waals surface area contributed by atoms with Crippen LogP contribution in [0.1, 0.15) is 26.2 Å². The SMILES string of the molecule is CCOc1cccc(NS(=O)(=O)CCC2CCNCC2)c1. The highest BCUT2D eigenvalue weighted by molar-refractivity contribution is 7.92. The van der Waals surface area contributed by atoms with Gasteiger partial charge in [-0.05, 0) is 57.3 Å². The first kappa shape index (κ1) is 16.1. The Morgan fingerprint density at radius 1 is 1.33 bits per heavy atom. The summed E-state index contributed by atoms with van der Waals surface area (Å²) in [6.45, 7) is 4.45. The molecule has 1 heterocycles. The second kappa shape index (κ2) is 7.66. The average Bonchev–Trinajstić information content (AvgIpc) is 2.47. The van der Waals surface area contributed by atoms with E-state index in [1.807, 2.05) is 13.0 Å². The Bertz CT molecular complexity index is 540. The predicted octanol–water partition coefficient (Wildman–Crippen LogP) is 2.22. The molecule has 0 aliphatic carbocycles. The minimum atomic E-state index is -3.29. The van der Waals surface area contributed by atoms with Crippen LogP contribution in [0.5, 0.6) is 5.75 Å². The van der Waals surface area contributed by atoms with Crippen molar-refractivity contribution in [2.45, 2.75) is 26.2 Å². The van der Waals surface area contributed by atoms with E-state index in [1.165, 1.54) is 0 Å². The second-order valence-corrected chi connectivity index (χ2v) is 7.21. The summed E-state index contributed by atoms with van der Waals surface area (Å²) < 4.78 is 32.3. The van der Waals surface area contributed by atoms with Crippen molar-refractivity contribution in [3.63, 3.8) is 0 Å². The lowest BCUT2D eigenvalue weighted by atomic mass is 9.96. The van der Waals surface area contributed by atoms with E-state index in [9.17, 15) is 8.42 Å². The van der Waals surface area contributed by atoms with Crippen LogP contribution in [0, 0.1) is 5.92 Å². The molecule has 1 aliphatic heterocycles. The number of hydrogen-bond acceptors (Lipinski definition) is 4. The maximum absolute atomic E-state index is 12.1. The molecule has 0 atom stereocenters. The average molecular weight is 312 g/mol. The zero-order chi connectivity index (χ0) is 15.1. The molecule has 0 saturated carbocycles. The third-order valence-electron chi connectivity index (χ3n) is 3.67. The number of hydrogen-bond donors (Lipinski definition) is 2. The molecule has 1 aromatic carbocycles. The van der Waals surface area contributed by atoms with Crippen LogP contribution in [0.4, 0.5) is 5.69 Å². The zero-order valence-corrected chi connectivity index (χ0v) is 13.3. The lowest BCUT2D eigenvalue weighted by molar-refractivity contribution is 0.340. The van der Waals surface area contributed by atoms with Gasteiger partial charge in [-0.15, -0.1) is 0 Å². The Kier molecular flexibility index (Phi) is 5.87. The minimum Gasteiger partial charge on any atom is -0.494 e. The van der Waals surface area contributed by atoms with E-state index >= 15 is 0 Å². The first-order chi connectivity index (χ1) is 10.1. The zero-order valence-electron chi connectivity index (χ0n) is 12.5. The van der Waals surface area contributed by atoms with Gasteiger partial charge < -0.3 is 10.1 Å². The maximum atomic E-state index is 12.1. The molecule has 1 aromatic rings. The van der Waals surface area contributed by atoms with Crippen LogP contribution in [-0.2, 0) is 10.0 Å². The van der Waals surface area contributed by atoms with Crippen LogP contribution in [0.2, 0.25) is 0 Å². The van der Waals surface area contributed by atoms with Gasteiger partial charge in [-0.3, -0.25) is 4.72 Å². The highest BCUT2D eigenvalue weighted by Gasteiger charge is 2.17. The monoisotopic (exact) mass is 312 g/mol. The van der Waals surface area contributed by atoms with Crippen molar-refractivity contribution in [3.8, 4) is 5.75 Å². The molecule has 2 N–H and O–H groups in total. The summed E-state index contributed by atoms with van der Waals surface area (Å²) in [5, 5.41) is 3.29. The number of rotatable bonds is 7. The van der Waals surface area contributed by atoms with Crippen LogP contribution >= 0.6 is 0 Å². The summed E-state index contributed by atoms with van der Waals surface area (Å²) in [5.41, 5.74) is 0.561. The third-order valence-corrected chi connectivity index (χ3v) is 4.99. The first-order valence-corrected chi connectivity index (χ1v) is 9.18. The van der Waals surface area contributed by atoms with Crippen LogP contribution in [0.15, 0.2) is 24.3 Å². The first-order valence-electron chi connectivity index (χ1n) is 7.53. The van der Waals surface area contributed by atoms with E-state index in [2.05, 4.69) is 10.0 Å². The Morgan fingerprint density at radius 3 is 2.81 bits per heavy atom. The highest BCUT2D eigenvalue weighted by Crippen LogP contribution is 2.20. The summed E-state index contributed by atoms with van der Waals surface area (Å²) >= 11 is 0. The molecule has 0 unspecified atom stereocenters. The van der Waals surface area contributed by atoms with Crippen LogP contribution < -0.4 is 14.8 Å². The molecule has 1 saturated heterocycles. The molecule has 2 rings (SSSR count). The van der Waals surface area contributed by atoms with Gasteiger partial charge in [-0.1, -0.05) is 6.07 Å². The lowest BCUT2D eigenvalue weighted by Crippen LogP contribution is -2.29. The Hall–Kier alpha value is -1.27. The third kappa shape index (κ3) is 5.55. The molecular weight excluding hydrogens is 288 g/mol. The number of nitrogens with one attached hydrogen (secondary N) is 2. The van der Waals surface area contributed by atoms with Gasteiger partial charge in [0.1, 0.15) is 5.75 Å². The van der Waals surface area contributed by atoms with Crippen LogP contribution in [0.25, 0.3) is 0 Å². The molecule has 0 radical (unpaired) electrons. The number of ether oxygens (including phenoxy) is 1. The van der Waals surface area contributed by atoms with Gasteiger partial charge in [-0.2, -0.15) is 0 Å². The molecule has 0 amide bonds. The quantitative estimate of drug-likeness (QED) is 0.810. The van der Waals surface area contributed by atoms with Crippen molar-refractivity contribution in [3.05, 3.63) is 24.3 Å². The molecule has 1 fully saturated rings. The normalized spacial score (nSPS) is 16.6. The summed E-state index contributed by atoms with van der Waals surface area (Å²) in [4.78, 5) is 0. The van der Waals surface area contributed by atoms with E-state index < -0.39 is 10.0 Å². The fourth-order valence-corrected chi connectivity index (χ4v) is 3.77. The molecule has 21 heavy (non-hydrogen) atoms. The smallest absolute Gasteiger partial charge is 0.232 e. The summed E-state index contributed by atoms with van der Waals surface area (Å²) in [5.74, 6) is 1.37. The summed E-state index contributed by atoms with van der Waals surface area (Å²) in [6, 6.07) is 7.06. The van der Waals surface area contributed by atoms with Gasteiger partial charge in [-0.25, -0.2) is 8.42 Å². The van der Waals surface area contributed by atoms with Gasteiger partial charge in [0.25, 0.3) is 0 Å². The Balaban J connectivity index is 1.89. The molecule has 1 aliphatic rings. The maximum Gasteiger partial charge on any atom is 0.232 e. The summed E-state index contributed by atoms with van der Waals surface area (Å²) in [7, 11) is -3.29. The second-order valence-electron chi connectivity index (χ2n) is 5.36. The number of benzene rings is 1. The predicted molar refractivity (Wildman–Crippen MR) is 85.2 cm³/mol. The largest absolute Gasteiger partial charge is 0.494 e.